The molecule has 0 atom stereocenters. The van der Waals surface area contributed by atoms with Gasteiger partial charge in [0.1, 0.15) is 12.2 Å². The number of ether oxygens (including phenoxy) is 1. The van der Waals surface area contributed by atoms with E-state index in [1.165, 1.54) is 7.11 Å². The van der Waals surface area contributed by atoms with Gasteiger partial charge in [-0.15, -0.1) is 0 Å². The highest BCUT2D eigenvalue weighted by molar-refractivity contribution is 5.72. The fourth-order valence-electron chi connectivity index (χ4n) is 1.09. The lowest BCUT2D eigenvalue weighted by molar-refractivity contribution is -0.139. The molecular weight excluding hydrogens is 192 g/mol. The number of phenols is 1. The summed E-state index contributed by atoms with van der Waals surface area (Å²) in [5.41, 5.74) is 1.44. The van der Waals surface area contributed by atoms with Crippen LogP contribution in [0.2, 0.25) is 0 Å². The van der Waals surface area contributed by atoms with Crippen LogP contribution < -0.4 is 0 Å². The monoisotopic (exact) mass is 204 g/mol. The predicted octanol–water partition coefficient (Wildman–Crippen LogP) is 1.62. The summed E-state index contributed by atoms with van der Waals surface area (Å²) < 4.78 is 4.44. The molecule has 0 radical (unpaired) electrons. The number of aromatic hydroxyl groups is 1. The quantitative estimate of drug-likeness (QED) is 0.558. The van der Waals surface area contributed by atoms with E-state index in [1.54, 1.807) is 12.1 Å². The molecule has 1 rings (SSSR count). The number of carbonyl (C=O) groups excluding carboxylic acids is 1. The van der Waals surface area contributed by atoms with E-state index in [0.717, 1.165) is 5.56 Å². The molecule has 15 heavy (non-hydrogen) atoms. The Labute approximate surface area is 88.7 Å². The predicted molar refractivity (Wildman–Crippen MR) is 56.4 cm³/mol. The molecule has 78 valence electrons. The van der Waals surface area contributed by atoms with E-state index in [0.29, 0.717) is 5.56 Å². The van der Waals surface area contributed by atoms with Crippen LogP contribution in [0.3, 0.4) is 0 Å². The zero-order valence-corrected chi connectivity index (χ0v) is 8.70. The molecule has 3 nitrogen and oxygen atoms in total. The molecule has 0 fully saturated rings. The molecule has 0 aliphatic carbocycles. The number of phenolic OH excluding ortho intramolecular Hbond substituents is 1. The first-order valence-corrected chi connectivity index (χ1v) is 4.49. The van der Waals surface area contributed by atoms with Gasteiger partial charge in [-0.25, -0.2) is 0 Å². The van der Waals surface area contributed by atoms with E-state index in [1.807, 2.05) is 13.0 Å². The Morgan fingerprint density at radius 1 is 1.53 bits per heavy atom. The third kappa shape index (κ3) is 3.03. The maximum absolute atomic E-state index is 10.8. The van der Waals surface area contributed by atoms with Gasteiger partial charge in [0.05, 0.1) is 12.7 Å². The van der Waals surface area contributed by atoms with E-state index >= 15 is 0 Å². The Bertz CT molecular complexity index is 404. The summed E-state index contributed by atoms with van der Waals surface area (Å²) in [6.45, 7) is 1.85. The van der Waals surface area contributed by atoms with Gasteiger partial charge in [-0.2, -0.15) is 0 Å². The largest absolute Gasteiger partial charge is 0.507 e. The molecule has 1 aromatic rings. The second kappa shape index (κ2) is 5.06. The summed E-state index contributed by atoms with van der Waals surface area (Å²) in [7, 11) is 1.31. The van der Waals surface area contributed by atoms with E-state index in [9.17, 15) is 9.90 Å². The van der Waals surface area contributed by atoms with Crippen molar-refractivity contribution in [2.75, 3.05) is 7.11 Å². The minimum absolute atomic E-state index is 0.0320. The molecule has 3 heteroatoms. The van der Waals surface area contributed by atoms with Crippen LogP contribution in [-0.4, -0.2) is 18.2 Å². The number of esters is 1. The van der Waals surface area contributed by atoms with Crippen LogP contribution in [0, 0.1) is 18.8 Å². The summed E-state index contributed by atoms with van der Waals surface area (Å²) in [6.07, 6.45) is 0.0320. The van der Waals surface area contributed by atoms with Crippen LogP contribution in [0.1, 0.15) is 17.5 Å². The highest BCUT2D eigenvalue weighted by atomic mass is 16.5. The number of aryl methyl sites for hydroxylation is 1. The molecule has 0 unspecified atom stereocenters. The molecule has 0 amide bonds. The first-order valence-electron chi connectivity index (χ1n) is 4.49. The minimum atomic E-state index is -0.379. The van der Waals surface area contributed by atoms with Crippen molar-refractivity contribution in [3.05, 3.63) is 29.3 Å². The normalized spacial score (nSPS) is 8.93. The Kier molecular flexibility index (Phi) is 3.75. The van der Waals surface area contributed by atoms with Gasteiger partial charge in [0.25, 0.3) is 0 Å². The fraction of sp³-hybridized carbons (Fsp3) is 0.250. The van der Waals surface area contributed by atoms with Crippen LogP contribution >= 0.6 is 0 Å². The zero-order valence-electron chi connectivity index (χ0n) is 8.70. The first-order chi connectivity index (χ1) is 7.15. The SMILES string of the molecule is COC(=O)CC#Cc1c(C)cccc1O. The lowest BCUT2D eigenvalue weighted by Gasteiger charge is -1.99. The van der Waals surface area contributed by atoms with Crippen molar-refractivity contribution in [1.29, 1.82) is 0 Å². The standard InChI is InChI=1S/C12H12O3/c1-9-5-3-7-11(13)10(9)6-4-8-12(14)15-2/h3,5,7,13H,8H2,1-2H3. The van der Waals surface area contributed by atoms with Crippen LogP contribution in [0.4, 0.5) is 0 Å². The number of hydrogen-bond acceptors (Lipinski definition) is 3. The Morgan fingerprint density at radius 2 is 2.27 bits per heavy atom. The van der Waals surface area contributed by atoms with Crippen molar-refractivity contribution in [3.63, 3.8) is 0 Å². The second-order valence-electron chi connectivity index (χ2n) is 3.02. The van der Waals surface area contributed by atoms with Crippen molar-refractivity contribution < 1.29 is 14.6 Å². The van der Waals surface area contributed by atoms with Crippen LogP contribution in [0.5, 0.6) is 5.75 Å². The molecule has 0 saturated carbocycles. The smallest absolute Gasteiger partial charge is 0.317 e. The molecule has 1 aromatic carbocycles. The zero-order chi connectivity index (χ0) is 11.3. The number of methoxy groups -OCH3 is 1. The molecule has 1 N–H and O–H groups in total. The van der Waals surface area contributed by atoms with Crippen molar-refractivity contribution in [2.45, 2.75) is 13.3 Å². The van der Waals surface area contributed by atoms with Crippen LogP contribution in [-0.2, 0) is 9.53 Å². The van der Waals surface area contributed by atoms with Crippen molar-refractivity contribution in [2.24, 2.45) is 0 Å². The summed E-state index contributed by atoms with van der Waals surface area (Å²) in [4.78, 5) is 10.8. The Hall–Kier alpha value is -1.95. The van der Waals surface area contributed by atoms with E-state index in [4.69, 9.17) is 0 Å². The van der Waals surface area contributed by atoms with Gasteiger partial charge in [0.15, 0.2) is 0 Å². The van der Waals surface area contributed by atoms with Gasteiger partial charge in [-0.05, 0) is 18.6 Å². The third-order valence-electron chi connectivity index (χ3n) is 1.92. The molecule has 0 aromatic heterocycles. The maximum atomic E-state index is 10.8. The average Bonchev–Trinajstić information content (AvgIpc) is 2.22. The summed E-state index contributed by atoms with van der Waals surface area (Å²) in [6, 6.07) is 5.16. The minimum Gasteiger partial charge on any atom is -0.507 e. The molecule has 0 bridgehead atoms. The number of benzene rings is 1. The molecule has 0 aliphatic heterocycles. The summed E-state index contributed by atoms with van der Waals surface area (Å²) in [5, 5.41) is 9.50. The third-order valence-corrected chi connectivity index (χ3v) is 1.92. The van der Waals surface area contributed by atoms with Gasteiger partial charge in [-0.1, -0.05) is 24.0 Å². The molecule has 0 heterocycles. The second-order valence-corrected chi connectivity index (χ2v) is 3.02. The maximum Gasteiger partial charge on any atom is 0.317 e. The van der Waals surface area contributed by atoms with E-state index in [2.05, 4.69) is 16.6 Å². The van der Waals surface area contributed by atoms with Crippen molar-refractivity contribution in [3.8, 4) is 17.6 Å². The Balaban J connectivity index is 2.84. The van der Waals surface area contributed by atoms with Crippen LogP contribution in [0.25, 0.3) is 0 Å². The van der Waals surface area contributed by atoms with Gasteiger partial charge >= 0.3 is 5.97 Å². The van der Waals surface area contributed by atoms with Crippen LogP contribution in [0.15, 0.2) is 18.2 Å². The Morgan fingerprint density at radius 3 is 2.87 bits per heavy atom. The van der Waals surface area contributed by atoms with Gasteiger partial charge in [-0.3, -0.25) is 4.79 Å². The van der Waals surface area contributed by atoms with Crippen molar-refractivity contribution in [1.82, 2.24) is 0 Å². The van der Waals surface area contributed by atoms with Gasteiger partial charge in [0, 0.05) is 0 Å². The fourth-order valence-corrected chi connectivity index (χ4v) is 1.09. The first kappa shape index (κ1) is 11.1. The highest BCUT2D eigenvalue weighted by Crippen LogP contribution is 2.18. The highest BCUT2D eigenvalue weighted by Gasteiger charge is 2.00. The van der Waals surface area contributed by atoms with E-state index in [-0.39, 0.29) is 18.1 Å². The lowest BCUT2D eigenvalue weighted by Crippen LogP contribution is -1.97. The lowest BCUT2D eigenvalue weighted by atomic mass is 10.1. The van der Waals surface area contributed by atoms with E-state index < -0.39 is 0 Å². The molecular formula is C12H12O3. The molecule has 0 spiro atoms. The topological polar surface area (TPSA) is 46.5 Å². The summed E-state index contributed by atoms with van der Waals surface area (Å²) >= 11 is 0. The molecule has 0 aliphatic rings. The average molecular weight is 204 g/mol. The number of hydrogen-bond donors (Lipinski definition) is 1. The van der Waals surface area contributed by atoms with Crippen molar-refractivity contribution >= 4 is 5.97 Å². The van der Waals surface area contributed by atoms with Gasteiger partial charge in [0.2, 0.25) is 0 Å². The van der Waals surface area contributed by atoms with Gasteiger partial charge < -0.3 is 9.84 Å². The molecule has 0 saturated heterocycles. The number of rotatable bonds is 1. The number of carbonyl (C=O) groups is 1. The summed E-state index contributed by atoms with van der Waals surface area (Å²) in [5.74, 6) is 5.15.